The maximum Gasteiger partial charge on any atom is 0.259 e. The van der Waals surface area contributed by atoms with Gasteiger partial charge >= 0.3 is 0 Å². The Morgan fingerprint density at radius 2 is 2.05 bits per heavy atom. The first-order valence-electron chi connectivity index (χ1n) is 6.60. The number of halogens is 1. The van der Waals surface area contributed by atoms with Gasteiger partial charge < -0.3 is 14.5 Å². The molecule has 2 aromatic carbocycles. The lowest BCUT2D eigenvalue weighted by Gasteiger charge is -2.09. The first-order chi connectivity index (χ1) is 10.7. The molecule has 0 saturated heterocycles. The Morgan fingerprint density at radius 3 is 2.82 bits per heavy atom. The average molecular weight is 361 g/mol. The van der Waals surface area contributed by atoms with E-state index in [1.807, 2.05) is 30.3 Å². The molecule has 5 nitrogen and oxygen atoms in total. The lowest BCUT2D eigenvalue weighted by molar-refractivity contribution is 0.0506. The Balaban J connectivity index is 2.04. The molecule has 112 valence electrons. The number of H-pyrrole nitrogens is 1. The van der Waals surface area contributed by atoms with Crippen molar-refractivity contribution in [3.05, 3.63) is 57.3 Å². The second-order valence-electron chi connectivity index (χ2n) is 4.63. The minimum absolute atomic E-state index is 0.156. The number of para-hydroxylation sites is 1. The van der Waals surface area contributed by atoms with Gasteiger partial charge in [-0.3, -0.25) is 4.79 Å². The zero-order valence-electron chi connectivity index (χ0n) is 11.8. The number of hydrogen-bond acceptors (Lipinski definition) is 4. The predicted molar refractivity (Wildman–Crippen MR) is 88.0 cm³/mol. The molecular formula is C16H13BrN2O3. The van der Waals surface area contributed by atoms with Crippen molar-refractivity contribution < 1.29 is 9.47 Å². The Morgan fingerprint density at radius 1 is 1.23 bits per heavy atom. The first-order valence-corrected chi connectivity index (χ1v) is 7.39. The molecule has 1 aromatic heterocycles. The van der Waals surface area contributed by atoms with Crippen molar-refractivity contribution in [1.29, 1.82) is 0 Å². The fourth-order valence-electron chi connectivity index (χ4n) is 2.11. The zero-order chi connectivity index (χ0) is 15.5. The van der Waals surface area contributed by atoms with Crippen molar-refractivity contribution in [3.63, 3.8) is 0 Å². The van der Waals surface area contributed by atoms with Crippen LogP contribution in [0.15, 0.2) is 51.7 Å². The van der Waals surface area contributed by atoms with Crippen molar-refractivity contribution in [2.45, 2.75) is 0 Å². The lowest BCUT2D eigenvalue weighted by Crippen LogP contribution is -2.09. The van der Waals surface area contributed by atoms with Crippen LogP contribution in [-0.4, -0.2) is 23.9 Å². The largest absolute Gasteiger partial charge is 0.466 e. The summed E-state index contributed by atoms with van der Waals surface area (Å²) in [5.74, 6) is 1.18. The van der Waals surface area contributed by atoms with E-state index >= 15 is 0 Å². The van der Waals surface area contributed by atoms with Crippen LogP contribution in [0.3, 0.4) is 0 Å². The predicted octanol–water partition coefficient (Wildman–Crippen LogP) is 3.34. The molecule has 0 radical (unpaired) electrons. The maximum atomic E-state index is 12.1. The van der Waals surface area contributed by atoms with E-state index in [-0.39, 0.29) is 12.4 Å². The van der Waals surface area contributed by atoms with Crippen LogP contribution in [0.4, 0.5) is 0 Å². The highest BCUT2D eigenvalue weighted by atomic mass is 79.9. The van der Waals surface area contributed by atoms with E-state index in [2.05, 4.69) is 25.9 Å². The number of aromatic nitrogens is 2. The average Bonchev–Trinajstić information content (AvgIpc) is 2.53. The maximum absolute atomic E-state index is 12.1. The third kappa shape index (κ3) is 2.88. The summed E-state index contributed by atoms with van der Waals surface area (Å²) in [5, 5.41) is 0.574. The molecule has 0 saturated carbocycles. The lowest BCUT2D eigenvalue weighted by atomic mass is 10.2. The Labute approximate surface area is 135 Å². The van der Waals surface area contributed by atoms with E-state index in [9.17, 15) is 4.79 Å². The molecule has 0 aliphatic rings. The molecule has 3 aromatic rings. The summed E-state index contributed by atoms with van der Waals surface area (Å²) in [5.41, 5.74) is 1.30. The zero-order valence-corrected chi connectivity index (χ0v) is 13.4. The second-order valence-corrected chi connectivity index (χ2v) is 5.48. The molecule has 3 rings (SSSR count). The number of methoxy groups -OCH3 is 1. The van der Waals surface area contributed by atoms with Crippen LogP contribution >= 0.6 is 15.9 Å². The summed E-state index contributed by atoms with van der Waals surface area (Å²) < 4.78 is 11.0. The Kier molecular flexibility index (Phi) is 4.22. The number of hydrogen-bond donors (Lipinski definition) is 1. The highest BCUT2D eigenvalue weighted by molar-refractivity contribution is 9.10. The smallest absolute Gasteiger partial charge is 0.259 e. The molecular weight excluding hydrogens is 348 g/mol. The van der Waals surface area contributed by atoms with Gasteiger partial charge in [-0.2, -0.15) is 0 Å². The summed E-state index contributed by atoms with van der Waals surface area (Å²) in [7, 11) is 1.56. The van der Waals surface area contributed by atoms with Gasteiger partial charge in [0.25, 0.3) is 5.56 Å². The Bertz CT molecular complexity index is 877. The molecule has 0 unspecified atom stereocenters. The Hall–Kier alpha value is -2.18. The van der Waals surface area contributed by atoms with Crippen LogP contribution in [0.5, 0.6) is 5.75 Å². The van der Waals surface area contributed by atoms with E-state index in [1.165, 1.54) is 0 Å². The summed E-state index contributed by atoms with van der Waals surface area (Å²) in [6, 6.07) is 12.7. The minimum Gasteiger partial charge on any atom is -0.466 e. The van der Waals surface area contributed by atoms with E-state index in [0.717, 1.165) is 10.0 Å². The highest BCUT2D eigenvalue weighted by Gasteiger charge is 2.08. The molecule has 0 atom stereocenters. The molecule has 0 fully saturated rings. The van der Waals surface area contributed by atoms with Crippen LogP contribution in [0.2, 0.25) is 0 Å². The molecule has 22 heavy (non-hydrogen) atoms. The van der Waals surface area contributed by atoms with Gasteiger partial charge in [-0.05, 0) is 46.3 Å². The van der Waals surface area contributed by atoms with Crippen molar-refractivity contribution in [1.82, 2.24) is 9.97 Å². The van der Waals surface area contributed by atoms with Gasteiger partial charge in [-0.15, -0.1) is 0 Å². The van der Waals surface area contributed by atoms with Crippen molar-refractivity contribution in [3.8, 4) is 17.1 Å². The molecule has 6 heteroatoms. The summed E-state index contributed by atoms with van der Waals surface area (Å²) in [4.78, 5) is 19.4. The van der Waals surface area contributed by atoms with Crippen LogP contribution in [0.25, 0.3) is 22.3 Å². The normalized spacial score (nSPS) is 10.8. The van der Waals surface area contributed by atoms with E-state index in [4.69, 9.17) is 9.47 Å². The van der Waals surface area contributed by atoms with Gasteiger partial charge in [-0.1, -0.05) is 12.1 Å². The monoisotopic (exact) mass is 360 g/mol. The van der Waals surface area contributed by atoms with Gasteiger partial charge in [0.2, 0.25) is 0 Å². The van der Waals surface area contributed by atoms with E-state index in [0.29, 0.717) is 22.5 Å². The molecule has 0 bridgehead atoms. The van der Waals surface area contributed by atoms with Gasteiger partial charge in [-0.25, -0.2) is 4.98 Å². The molecule has 0 aliphatic heterocycles. The number of nitrogens with zero attached hydrogens (tertiary/aromatic N) is 1. The quantitative estimate of drug-likeness (QED) is 0.724. The number of benzene rings is 2. The molecule has 0 amide bonds. The highest BCUT2D eigenvalue weighted by Crippen LogP contribution is 2.29. The summed E-state index contributed by atoms with van der Waals surface area (Å²) in [6.07, 6.45) is 0. The van der Waals surface area contributed by atoms with Gasteiger partial charge in [0, 0.05) is 12.7 Å². The van der Waals surface area contributed by atoms with Gasteiger partial charge in [0.15, 0.2) is 6.79 Å². The van der Waals surface area contributed by atoms with Crippen LogP contribution < -0.4 is 10.3 Å². The van der Waals surface area contributed by atoms with Gasteiger partial charge in [0.05, 0.1) is 15.4 Å². The second kappa shape index (κ2) is 6.29. The first kappa shape index (κ1) is 14.7. The molecule has 1 N–H and O–H groups in total. The fraction of sp³-hybridized carbons (Fsp3) is 0.125. The third-order valence-electron chi connectivity index (χ3n) is 3.15. The van der Waals surface area contributed by atoms with Crippen LogP contribution in [0, 0.1) is 0 Å². The van der Waals surface area contributed by atoms with E-state index < -0.39 is 0 Å². The number of nitrogens with one attached hydrogen (secondary N) is 1. The molecule has 0 aliphatic carbocycles. The number of fused-ring (bicyclic) bond motifs is 1. The standard InChI is InChI=1S/C16H13BrN2O3/c1-21-9-22-14-7-6-10(8-12(14)17)15-18-13-5-3-2-4-11(13)16(20)19-15/h2-8H,9H2,1H3,(H,18,19,20). The molecule has 0 spiro atoms. The van der Waals surface area contributed by atoms with Crippen molar-refractivity contribution in [2.75, 3.05) is 13.9 Å². The minimum atomic E-state index is -0.156. The molecule has 1 heterocycles. The van der Waals surface area contributed by atoms with Crippen molar-refractivity contribution in [2.24, 2.45) is 0 Å². The van der Waals surface area contributed by atoms with Gasteiger partial charge in [0.1, 0.15) is 11.6 Å². The van der Waals surface area contributed by atoms with Crippen molar-refractivity contribution >= 4 is 26.8 Å². The summed E-state index contributed by atoms with van der Waals surface area (Å²) >= 11 is 3.44. The third-order valence-corrected chi connectivity index (χ3v) is 3.77. The van der Waals surface area contributed by atoms with E-state index in [1.54, 1.807) is 19.2 Å². The van der Waals surface area contributed by atoms with Crippen LogP contribution in [0.1, 0.15) is 0 Å². The summed E-state index contributed by atoms with van der Waals surface area (Å²) in [6.45, 7) is 0.170. The number of aromatic amines is 1. The van der Waals surface area contributed by atoms with Crippen LogP contribution in [-0.2, 0) is 4.74 Å². The number of rotatable bonds is 4. The SMILES string of the molecule is COCOc1ccc(-c2nc3ccccc3c(=O)[nH]2)cc1Br. The fourth-order valence-corrected chi connectivity index (χ4v) is 2.60. The number of ether oxygens (including phenoxy) is 2. The topological polar surface area (TPSA) is 64.2 Å².